The molecule has 0 unspecified atom stereocenters. The quantitative estimate of drug-likeness (QED) is 0.509. The smallest absolute Gasteiger partial charge is 0.255 e. The number of nitrogens with one attached hydrogen (secondary N) is 1. The Morgan fingerprint density at radius 2 is 2.10 bits per heavy atom. The number of pyridine rings is 1. The molecule has 0 aliphatic heterocycles. The van der Waals surface area contributed by atoms with Gasteiger partial charge >= 0.3 is 0 Å². The molecule has 2 aromatic rings. The summed E-state index contributed by atoms with van der Waals surface area (Å²) >= 11 is 13.1. The van der Waals surface area contributed by atoms with E-state index in [1.165, 1.54) is 24.2 Å². The number of primary amides is 1. The third kappa shape index (κ3) is 3.30. The van der Waals surface area contributed by atoms with E-state index in [1.807, 2.05) is 0 Å². The lowest BCUT2D eigenvalue weighted by Crippen LogP contribution is -2.16. The minimum Gasteiger partial charge on any atom is -0.365 e. The van der Waals surface area contributed by atoms with Crippen LogP contribution in [0.5, 0.6) is 0 Å². The van der Waals surface area contributed by atoms with Gasteiger partial charge < -0.3 is 11.1 Å². The Morgan fingerprint density at radius 1 is 1.35 bits per heavy atom. The van der Waals surface area contributed by atoms with Crippen LogP contribution in [0.4, 0.5) is 11.5 Å². The van der Waals surface area contributed by atoms with Crippen LogP contribution in [0.1, 0.15) is 10.4 Å². The van der Waals surface area contributed by atoms with E-state index in [9.17, 15) is 4.79 Å². The molecule has 20 heavy (non-hydrogen) atoms. The summed E-state index contributed by atoms with van der Waals surface area (Å²) in [6.45, 7) is 0. The number of aromatic nitrogens is 3. The molecule has 3 N–H and O–H groups in total. The van der Waals surface area contributed by atoms with Gasteiger partial charge in [-0.05, 0) is 12.3 Å². The molecule has 0 aliphatic rings. The Bertz CT molecular complexity index is 667. The molecule has 0 atom stereocenters. The Balaban J connectivity index is 2.48. The molecule has 0 saturated carbocycles. The second-order valence-electron chi connectivity index (χ2n) is 3.61. The molecule has 1 amide bonds. The minimum absolute atomic E-state index is 0.00524. The van der Waals surface area contributed by atoms with Gasteiger partial charge in [0.25, 0.3) is 5.91 Å². The number of nitrogens with zero attached hydrogens (tertiary/aromatic N) is 3. The Kier molecular flexibility index (Phi) is 4.64. The first-order valence-corrected chi connectivity index (χ1v) is 7.28. The zero-order valence-electron chi connectivity index (χ0n) is 10.2. The first kappa shape index (κ1) is 14.8. The molecule has 0 bridgehead atoms. The van der Waals surface area contributed by atoms with Crippen molar-refractivity contribution in [2.75, 3.05) is 11.6 Å². The Hall–Kier alpha value is -1.57. The second kappa shape index (κ2) is 6.25. The lowest BCUT2D eigenvalue weighted by molar-refractivity contribution is 0.100. The second-order valence-corrected chi connectivity index (χ2v) is 5.17. The van der Waals surface area contributed by atoms with Crippen molar-refractivity contribution in [3.63, 3.8) is 0 Å². The predicted molar refractivity (Wildman–Crippen MR) is 79.9 cm³/mol. The first-order valence-electron chi connectivity index (χ1n) is 5.30. The van der Waals surface area contributed by atoms with Crippen LogP contribution in [0.15, 0.2) is 23.6 Å². The van der Waals surface area contributed by atoms with Crippen LogP contribution in [-0.4, -0.2) is 27.1 Å². The maximum absolute atomic E-state index is 11.5. The van der Waals surface area contributed by atoms with Gasteiger partial charge in [-0.1, -0.05) is 35.0 Å². The van der Waals surface area contributed by atoms with Crippen LogP contribution in [0, 0.1) is 0 Å². The minimum atomic E-state index is -0.722. The van der Waals surface area contributed by atoms with Crippen molar-refractivity contribution >= 4 is 52.4 Å². The van der Waals surface area contributed by atoms with Crippen molar-refractivity contribution in [3.8, 4) is 0 Å². The van der Waals surface area contributed by atoms with Crippen molar-refractivity contribution < 1.29 is 4.79 Å². The van der Waals surface area contributed by atoms with E-state index < -0.39 is 5.91 Å². The van der Waals surface area contributed by atoms with E-state index in [2.05, 4.69) is 20.3 Å². The molecular weight excluding hydrogens is 321 g/mol. The Labute approximate surface area is 129 Å². The highest BCUT2D eigenvalue weighted by Crippen LogP contribution is 2.27. The van der Waals surface area contributed by atoms with Crippen LogP contribution in [0.3, 0.4) is 0 Å². The van der Waals surface area contributed by atoms with Crippen LogP contribution < -0.4 is 11.1 Å². The number of carbonyl (C=O) groups is 1. The number of rotatable bonds is 4. The third-order valence-corrected chi connectivity index (χ3v) is 3.27. The van der Waals surface area contributed by atoms with Gasteiger partial charge in [-0.15, -0.1) is 0 Å². The van der Waals surface area contributed by atoms with Gasteiger partial charge in [0.1, 0.15) is 16.5 Å². The van der Waals surface area contributed by atoms with E-state index in [0.717, 1.165) is 0 Å². The largest absolute Gasteiger partial charge is 0.365 e. The van der Waals surface area contributed by atoms with Gasteiger partial charge in [0.15, 0.2) is 5.16 Å². The first-order chi connectivity index (χ1) is 9.51. The summed E-state index contributed by atoms with van der Waals surface area (Å²) in [5.74, 6) is -0.508. The molecule has 0 aromatic carbocycles. The summed E-state index contributed by atoms with van der Waals surface area (Å²) in [7, 11) is 0. The van der Waals surface area contributed by atoms with E-state index in [4.69, 9.17) is 28.9 Å². The SMILES string of the molecule is CSc1nc(Cl)c(C(N)=O)c(Nc2cncc(Cl)c2)n1. The summed E-state index contributed by atoms with van der Waals surface area (Å²) in [6, 6.07) is 1.63. The number of carbonyl (C=O) groups excluding carboxylic acids is 1. The molecule has 6 nitrogen and oxygen atoms in total. The van der Waals surface area contributed by atoms with Crippen LogP contribution in [-0.2, 0) is 0 Å². The maximum Gasteiger partial charge on any atom is 0.255 e. The van der Waals surface area contributed by atoms with Crippen LogP contribution in [0.25, 0.3) is 0 Å². The topological polar surface area (TPSA) is 93.8 Å². The van der Waals surface area contributed by atoms with Gasteiger partial charge in [-0.25, -0.2) is 9.97 Å². The zero-order valence-corrected chi connectivity index (χ0v) is 12.6. The average Bonchev–Trinajstić information content (AvgIpc) is 2.37. The van der Waals surface area contributed by atoms with Gasteiger partial charge in [0.2, 0.25) is 0 Å². The van der Waals surface area contributed by atoms with Crippen molar-refractivity contribution in [1.82, 2.24) is 15.0 Å². The number of halogens is 2. The van der Waals surface area contributed by atoms with Crippen molar-refractivity contribution in [2.24, 2.45) is 5.73 Å². The highest BCUT2D eigenvalue weighted by Gasteiger charge is 2.18. The predicted octanol–water partition coefficient (Wildman–Crippen LogP) is 2.74. The number of nitrogens with two attached hydrogens (primary N) is 1. The summed E-state index contributed by atoms with van der Waals surface area (Å²) in [6.07, 6.45) is 4.81. The fraction of sp³-hybridized carbons (Fsp3) is 0.0909. The molecule has 0 spiro atoms. The van der Waals surface area contributed by atoms with E-state index >= 15 is 0 Å². The van der Waals surface area contributed by atoms with Gasteiger partial charge in [0.05, 0.1) is 16.9 Å². The van der Waals surface area contributed by atoms with Crippen molar-refractivity contribution in [2.45, 2.75) is 5.16 Å². The highest BCUT2D eigenvalue weighted by atomic mass is 35.5. The molecule has 2 rings (SSSR count). The van der Waals surface area contributed by atoms with Crippen LogP contribution in [0.2, 0.25) is 10.2 Å². The van der Waals surface area contributed by atoms with E-state index in [1.54, 1.807) is 12.3 Å². The van der Waals surface area contributed by atoms with E-state index in [-0.39, 0.29) is 16.5 Å². The van der Waals surface area contributed by atoms with Gasteiger partial charge in [-0.2, -0.15) is 0 Å². The fourth-order valence-electron chi connectivity index (χ4n) is 1.43. The van der Waals surface area contributed by atoms with Crippen molar-refractivity contribution in [1.29, 1.82) is 0 Å². The number of thioether (sulfide) groups is 1. The Morgan fingerprint density at radius 3 is 2.70 bits per heavy atom. The number of anilines is 2. The monoisotopic (exact) mass is 329 g/mol. The number of hydrogen-bond acceptors (Lipinski definition) is 6. The highest BCUT2D eigenvalue weighted by molar-refractivity contribution is 7.98. The average molecular weight is 330 g/mol. The van der Waals surface area contributed by atoms with E-state index in [0.29, 0.717) is 15.9 Å². The molecule has 2 aromatic heterocycles. The number of hydrogen-bond donors (Lipinski definition) is 2. The molecule has 9 heteroatoms. The molecule has 2 heterocycles. The normalized spacial score (nSPS) is 10.3. The molecule has 0 aliphatic carbocycles. The fourth-order valence-corrected chi connectivity index (χ4v) is 2.28. The number of amides is 1. The van der Waals surface area contributed by atoms with Crippen LogP contribution >= 0.6 is 35.0 Å². The molecular formula is C11H9Cl2N5OS. The molecule has 104 valence electrons. The lowest BCUT2D eigenvalue weighted by Gasteiger charge is -2.11. The standard InChI is InChI=1S/C11H9Cl2N5OS/c1-20-11-17-8(13)7(9(14)19)10(18-11)16-6-2-5(12)3-15-4-6/h2-4H,1H3,(H2,14,19)(H,16,17,18). The summed E-state index contributed by atoms with van der Waals surface area (Å²) < 4.78 is 0. The van der Waals surface area contributed by atoms with Gasteiger partial charge in [-0.3, -0.25) is 9.78 Å². The van der Waals surface area contributed by atoms with Crippen molar-refractivity contribution in [3.05, 3.63) is 34.2 Å². The maximum atomic E-state index is 11.5. The summed E-state index contributed by atoms with van der Waals surface area (Å²) in [4.78, 5) is 23.5. The van der Waals surface area contributed by atoms with Gasteiger partial charge in [0, 0.05) is 6.20 Å². The molecule has 0 saturated heterocycles. The zero-order chi connectivity index (χ0) is 14.7. The summed E-state index contributed by atoms with van der Waals surface area (Å²) in [5.41, 5.74) is 5.87. The molecule has 0 fully saturated rings. The molecule has 0 radical (unpaired) electrons. The lowest BCUT2D eigenvalue weighted by atomic mass is 10.3. The summed E-state index contributed by atoms with van der Waals surface area (Å²) in [5, 5.41) is 3.77. The third-order valence-electron chi connectivity index (χ3n) is 2.24.